The summed E-state index contributed by atoms with van der Waals surface area (Å²) in [6.45, 7) is 11.4. The van der Waals surface area contributed by atoms with Gasteiger partial charge < -0.3 is 4.57 Å². The average molecular weight is 1130 g/mol. The van der Waals surface area contributed by atoms with E-state index in [2.05, 4.69) is 159 Å². The van der Waals surface area contributed by atoms with Crippen molar-refractivity contribution in [3.63, 3.8) is 0 Å². The van der Waals surface area contributed by atoms with Crippen molar-refractivity contribution in [2.75, 3.05) is 0 Å². The number of hydrogen-bond acceptors (Lipinski definition) is 4. The molecular formula is C58H55FGeIrN4S-2. The van der Waals surface area contributed by atoms with Crippen LogP contribution in [0.1, 0.15) is 85.8 Å². The van der Waals surface area contributed by atoms with E-state index in [4.69, 9.17) is 14.1 Å². The van der Waals surface area contributed by atoms with Crippen LogP contribution < -0.4 is 4.40 Å². The minimum Gasteiger partial charge on any atom is 0 e. The quantitative estimate of drug-likeness (QED) is 0.112. The third kappa shape index (κ3) is 8.96. The molecule has 0 aliphatic rings. The van der Waals surface area contributed by atoms with E-state index >= 15 is 0 Å². The van der Waals surface area contributed by atoms with Crippen LogP contribution in [0.2, 0.25) is 17.3 Å². The molecule has 10 aromatic rings. The molecule has 0 spiro atoms. The van der Waals surface area contributed by atoms with E-state index in [0.717, 1.165) is 42.9 Å². The third-order valence-corrected chi connectivity index (χ3v) is 17.5. The standard InChI is InChI=1S/C37H34N3S.C21H21FGeN.Ir/c1-21(2)29-20-24-12-7-8-13-25(24)33(23(5)6)34(29)40-32-17-10-9-16-31(32)38-36(40)28-15-11-14-26-27-18-19-30(22(3)4)39-37(27)41-35(26)28;1-15-12-21(24-14-20(15)23(2,3)4)17-10-11-19(22)18(13-17)16-8-6-5-7-9-16;/h7-14,16-23H,1-6H3;5-9,11-14H,1-4H3;/q2*-1;/i;1D3;. The SMILES string of the molecule is CC(C)c1ccc2c(n1)sc1c(-c3nc4ccccc4n3-c3c(C(C)C)cc4ccccc4c3C(C)C)[c-]ccc12.[2H]C([2H])([2H])c1cc(-c2[c-]cc(F)c(-c3ccccc3)c2)nc[c]1[Ge]([CH3])([CH3])[CH3].[Ir]. The van der Waals surface area contributed by atoms with E-state index in [-0.39, 0.29) is 25.9 Å². The summed E-state index contributed by atoms with van der Waals surface area (Å²) in [7, 11) is 0. The second-order valence-electron chi connectivity index (χ2n) is 18.8. The molecule has 0 saturated heterocycles. The van der Waals surface area contributed by atoms with Crippen molar-refractivity contribution in [1.29, 1.82) is 0 Å². The summed E-state index contributed by atoms with van der Waals surface area (Å²) in [5, 5.41) is 5.01. The van der Waals surface area contributed by atoms with E-state index in [1.807, 2.05) is 30.3 Å². The van der Waals surface area contributed by atoms with Crippen molar-refractivity contribution >= 4 is 71.1 Å². The van der Waals surface area contributed by atoms with Crippen molar-refractivity contribution in [2.45, 2.75) is 83.4 Å². The van der Waals surface area contributed by atoms with Crippen LogP contribution in [0.15, 0.2) is 134 Å². The second kappa shape index (κ2) is 19.1. The summed E-state index contributed by atoms with van der Waals surface area (Å²) in [6, 6.07) is 48.7. The summed E-state index contributed by atoms with van der Waals surface area (Å²) in [5.41, 5.74) is 10.8. The molecule has 0 aliphatic heterocycles. The Hall–Kier alpha value is -5.31. The van der Waals surface area contributed by atoms with Crippen molar-refractivity contribution in [2.24, 2.45) is 0 Å². The summed E-state index contributed by atoms with van der Waals surface area (Å²) in [4.78, 5) is 16.0. The monoisotopic (exact) mass is 1130 g/mol. The molecule has 6 aromatic carbocycles. The fourth-order valence-electron chi connectivity index (χ4n) is 8.87. The number of para-hydroxylation sites is 2. The number of imidazole rings is 1. The fraction of sp³-hybridized carbons (Fsp3) is 0.224. The summed E-state index contributed by atoms with van der Waals surface area (Å²) in [6.07, 6.45) is 1.69. The molecule has 0 aliphatic carbocycles. The van der Waals surface area contributed by atoms with Crippen LogP contribution in [-0.2, 0) is 20.1 Å². The van der Waals surface area contributed by atoms with Gasteiger partial charge in [-0.05, 0) is 74.0 Å². The zero-order chi connectivity index (χ0) is 48.2. The smallest absolute Gasteiger partial charge is 0 e. The maximum Gasteiger partial charge on any atom is 0 e. The molecule has 0 amide bonds. The van der Waals surface area contributed by atoms with Gasteiger partial charge in [-0.3, -0.25) is 4.98 Å². The molecule has 0 atom stereocenters. The summed E-state index contributed by atoms with van der Waals surface area (Å²) < 4.78 is 42.6. The number of halogens is 1. The number of rotatable bonds is 8. The molecule has 4 aromatic heterocycles. The molecule has 335 valence electrons. The Morgan fingerprint density at radius 1 is 0.742 bits per heavy atom. The molecule has 0 unspecified atom stereocenters. The Morgan fingerprint density at radius 3 is 2.21 bits per heavy atom. The fourth-order valence-corrected chi connectivity index (χ4v) is 12.8. The molecule has 0 saturated carbocycles. The minimum absolute atomic E-state index is 0. The maximum atomic E-state index is 14.3. The van der Waals surface area contributed by atoms with Gasteiger partial charge in [0.1, 0.15) is 4.83 Å². The first kappa shape index (κ1) is 43.3. The topological polar surface area (TPSA) is 43.6 Å². The van der Waals surface area contributed by atoms with Crippen LogP contribution in [0.5, 0.6) is 0 Å². The van der Waals surface area contributed by atoms with E-state index in [1.165, 1.54) is 49.1 Å². The first-order chi connectivity index (χ1) is 32.4. The minimum atomic E-state index is -2.41. The van der Waals surface area contributed by atoms with E-state index in [0.29, 0.717) is 40.1 Å². The zero-order valence-corrected chi connectivity index (χ0v) is 44.2. The Labute approximate surface area is 413 Å². The van der Waals surface area contributed by atoms with Crippen molar-refractivity contribution in [3.05, 3.63) is 174 Å². The first-order valence-corrected chi connectivity index (χ1v) is 30.6. The van der Waals surface area contributed by atoms with Gasteiger partial charge in [-0.1, -0.05) is 95.0 Å². The Balaban J connectivity index is 0.000000200. The third-order valence-electron chi connectivity index (χ3n) is 12.2. The maximum absolute atomic E-state index is 14.3. The van der Waals surface area contributed by atoms with Gasteiger partial charge in [-0.15, -0.1) is 18.2 Å². The number of benzene rings is 6. The van der Waals surface area contributed by atoms with Gasteiger partial charge in [-0.2, -0.15) is 11.3 Å². The van der Waals surface area contributed by atoms with Gasteiger partial charge in [0.25, 0.3) is 0 Å². The normalized spacial score (nSPS) is 12.7. The molecule has 10 rings (SSSR count). The molecule has 0 fully saturated rings. The largest absolute Gasteiger partial charge is 0 e. The Morgan fingerprint density at radius 2 is 1.48 bits per heavy atom. The van der Waals surface area contributed by atoms with Gasteiger partial charge in [-0.25, -0.2) is 4.98 Å². The molecular weight excluding hydrogens is 1070 g/mol. The van der Waals surface area contributed by atoms with E-state index in [1.54, 1.807) is 29.7 Å². The predicted octanol–water partition coefficient (Wildman–Crippen LogP) is 16.0. The molecule has 4 heterocycles. The number of aromatic nitrogens is 4. The van der Waals surface area contributed by atoms with Gasteiger partial charge in [0.2, 0.25) is 0 Å². The van der Waals surface area contributed by atoms with Gasteiger partial charge in [0.05, 0.1) is 16.9 Å². The second-order valence-corrected chi connectivity index (χ2v) is 30.4. The average Bonchev–Trinajstić information content (AvgIpc) is 3.89. The van der Waals surface area contributed by atoms with Crippen LogP contribution in [0, 0.1) is 24.8 Å². The number of pyridine rings is 2. The van der Waals surface area contributed by atoms with Crippen LogP contribution in [-0.4, -0.2) is 32.8 Å². The zero-order valence-electron chi connectivity index (χ0n) is 41.8. The number of thiophene rings is 1. The van der Waals surface area contributed by atoms with Crippen molar-refractivity contribution < 1.29 is 28.6 Å². The number of hydrogen-bond donors (Lipinski definition) is 0. The molecule has 0 bridgehead atoms. The molecule has 8 heteroatoms. The number of nitrogens with zero attached hydrogens (tertiary/aromatic N) is 4. The van der Waals surface area contributed by atoms with Gasteiger partial charge in [0.15, 0.2) is 0 Å². The van der Waals surface area contributed by atoms with Crippen molar-refractivity contribution in [3.8, 4) is 39.5 Å². The molecule has 1 radical (unpaired) electrons. The molecule has 0 N–H and O–H groups in total. The Kier molecular flexibility index (Phi) is 12.5. The van der Waals surface area contributed by atoms with Crippen LogP contribution in [0.3, 0.4) is 0 Å². The number of aryl methyl sites for hydroxylation is 1. The Bertz CT molecular complexity index is 3500. The van der Waals surface area contributed by atoms with Gasteiger partial charge >= 0.3 is 150 Å². The van der Waals surface area contributed by atoms with Crippen LogP contribution in [0.4, 0.5) is 4.39 Å². The van der Waals surface area contributed by atoms with E-state index < -0.39 is 20.1 Å². The first-order valence-electron chi connectivity index (χ1n) is 24.0. The number of fused-ring (bicyclic) bond motifs is 5. The molecule has 4 nitrogen and oxygen atoms in total. The van der Waals surface area contributed by atoms with Gasteiger partial charge in [0, 0.05) is 31.5 Å². The van der Waals surface area contributed by atoms with Crippen LogP contribution in [0.25, 0.3) is 81.6 Å². The summed E-state index contributed by atoms with van der Waals surface area (Å²) >= 11 is -0.655. The van der Waals surface area contributed by atoms with Crippen molar-refractivity contribution in [1.82, 2.24) is 19.5 Å². The van der Waals surface area contributed by atoms with Crippen LogP contribution >= 0.6 is 11.3 Å². The summed E-state index contributed by atoms with van der Waals surface area (Å²) in [5.74, 6) is 8.04. The molecule has 66 heavy (non-hydrogen) atoms. The van der Waals surface area contributed by atoms with E-state index in [9.17, 15) is 4.39 Å². The predicted molar refractivity (Wildman–Crippen MR) is 277 cm³/mol.